The average Bonchev–Trinajstić information content (AvgIpc) is 2.73. The van der Waals surface area contributed by atoms with Gasteiger partial charge in [0.15, 0.2) is 0 Å². The molecule has 0 aliphatic heterocycles. The molecule has 0 radical (unpaired) electrons. The van der Waals surface area contributed by atoms with Crippen LogP contribution in [0.2, 0.25) is 0 Å². The van der Waals surface area contributed by atoms with E-state index in [0.29, 0.717) is 6.54 Å². The first kappa shape index (κ1) is 14.1. The van der Waals surface area contributed by atoms with Crippen molar-refractivity contribution in [3.05, 3.63) is 12.7 Å². The van der Waals surface area contributed by atoms with Crippen LogP contribution in [0.5, 0.6) is 0 Å². The van der Waals surface area contributed by atoms with E-state index >= 15 is 0 Å². The van der Waals surface area contributed by atoms with Crippen LogP contribution in [-0.2, 0) is 9.59 Å². The van der Waals surface area contributed by atoms with E-state index in [1.54, 1.807) is 6.08 Å². The van der Waals surface area contributed by atoms with Gasteiger partial charge in [-0.2, -0.15) is 0 Å². The summed E-state index contributed by atoms with van der Waals surface area (Å²) in [5.74, 6) is -1.75. The van der Waals surface area contributed by atoms with Crippen molar-refractivity contribution in [1.29, 1.82) is 0 Å². The van der Waals surface area contributed by atoms with Crippen LogP contribution in [0.15, 0.2) is 12.7 Å². The van der Waals surface area contributed by atoms with Crippen LogP contribution in [0.25, 0.3) is 0 Å². The molecule has 2 saturated carbocycles. The lowest BCUT2D eigenvalue weighted by Gasteiger charge is -2.28. The van der Waals surface area contributed by atoms with Crippen LogP contribution in [-0.4, -0.2) is 34.5 Å². The molecular formula is C15H23NO3. The maximum absolute atomic E-state index is 12.6. The van der Waals surface area contributed by atoms with Crippen molar-refractivity contribution in [3.8, 4) is 0 Å². The van der Waals surface area contributed by atoms with Gasteiger partial charge in [0.1, 0.15) is 0 Å². The largest absolute Gasteiger partial charge is 0.481 e. The standard InChI is InChI=1S/C15H23NO3/c1-4-9-16(10-7-5-6-8-10)13(17)11-12(14(18)19)15(11,2)3/h4,10-12H,1,5-9H2,2-3H3,(H,18,19)/t11-,12+/m1/s1. The van der Waals surface area contributed by atoms with Crippen molar-refractivity contribution in [2.75, 3.05) is 6.54 Å². The van der Waals surface area contributed by atoms with Crippen LogP contribution >= 0.6 is 0 Å². The van der Waals surface area contributed by atoms with Crippen LogP contribution in [0.4, 0.5) is 0 Å². The Morgan fingerprint density at radius 1 is 1.32 bits per heavy atom. The van der Waals surface area contributed by atoms with E-state index in [1.807, 2.05) is 18.7 Å². The molecule has 4 nitrogen and oxygen atoms in total. The van der Waals surface area contributed by atoms with E-state index in [2.05, 4.69) is 6.58 Å². The second kappa shape index (κ2) is 4.99. The van der Waals surface area contributed by atoms with Gasteiger partial charge in [-0.25, -0.2) is 0 Å². The predicted octanol–water partition coefficient (Wildman–Crippen LogP) is 2.30. The van der Waals surface area contributed by atoms with Crippen molar-refractivity contribution in [1.82, 2.24) is 4.90 Å². The summed E-state index contributed by atoms with van der Waals surface area (Å²) in [6.45, 7) is 7.98. The van der Waals surface area contributed by atoms with Gasteiger partial charge in [-0.05, 0) is 18.3 Å². The molecule has 2 aliphatic carbocycles. The second-order valence-electron chi connectivity index (χ2n) is 6.33. The maximum atomic E-state index is 12.6. The van der Waals surface area contributed by atoms with Crippen molar-refractivity contribution in [2.45, 2.75) is 45.6 Å². The minimum absolute atomic E-state index is 0.00389. The zero-order chi connectivity index (χ0) is 14.2. The lowest BCUT2D eigenvalue weighted by atomic mass is 10.1. The fourth-order valence-corrected chi connectivity index (χ4v) is 3.51. The van der Waals surface area contributed by atoms with E-state index in [0.717, 1.165) is 25.7 Å². The van der Waals surface area contributed by atoms with Crippen molar-refractivity contribution < 1.29 is 14.7 Å². The smallest absolute Gasteiger partial charge is 0.307 e. The molecule has 0 aromatic rings. The number of carboxylic acids is 1. The molecule has 4 heteroatoms. The van der Waals surface area contributed by atoms with Gasteiger partial charge in [-0.15, -0.1) is 6.58 Å². The zero-order valence-corrected chi connectivity index (χ0v) is 11.8. The summed E-state index contributed by atoms with van der Waals surface area (Å²) in [5.41, 5.74) is -0.416. The Morgan fingerprint density at radius 2 is 1.89 bits per heavy atom. The number of hydrogen-bond donors (Lipinski definition) is 1. The topological polar surface area (TPSA) is 57.6 Å². The Morgan fingerprint density at radius 3 is 2.32 bits per heavy atom. The molecule has 0 aromatic heterocycles. The van der Waals surface area contributed by atoms with Crippen LogP contribution in [0, 0.1) is 17.3 Å². The summed E-state index contributed by atoms with van der Waals surface area (Å²) in [7, 11) is 0. The van der Waals surface area contributed by atoms with E-state index in [9.17, 15) is 14.7 Å². The highest BCUT2D eigenvalue weighted by Crippen LogP contribution is 2.59. The summed E-state index contributed by atoms with van der Waals surface area (Å²) in [5, 5.41) is 9.19. The van der Waals surface area contributed by atoms with Crippen LogP contribution in [0.3, 0.4) is 0 Å². The minimum Gasteiger partial charge on any atom is -0.481 e. The second-order valence-corrected chi connectivity index (χ2v) is 6.33. The highest BCUT2D eigenvalue weighted by Gasteiger charge is 2.66. The number of carbonyl (C=O) groups is 2. The van der Waals surface area contributed by atoms with E-state index in [-0.39, 0.29) is 17.9 Å². The fourth-order valence-electron chi connectivity index (χ4n) is 3.51. The van der Waals surface area contributed by atoms with Gasteiger partial charge in [0.2, 0.25) is 5.91 Å². The van der Waals surface area contributed by atoms with Crippen LogP contribution in [0.1, 0.15) is 39.5 Å². The van der Waals surface area contributed by atoms with Gasteiger partial charge in [0.25, 0.3) is 0 Å². The molecule has 0 spiro atoms. The summed E-state index contributed by atoms with van der Waals surface area (Å²) >= 11 is 0. The summed E-state index contributed by atoms with van der Waals surface area (Å²) < 4.78 is 0. The molecule has 106 valence electrons. The van der Waals surface area contributed by atoms with Gasteiger partial charge in [-0.3, -0.25) is 9.59 Å². The van der Waals surface area contributed by atoms with Gasteiger partial charge < -0.3 is 10.0 Å². The van der Waals surface area contributed by atoms with Gasteiger partial charge >= 0.3 is 5.97 Å². The first-order valence-corrected chi connectivity index (χ1v) is 7.05. The maximum Gasteiger partial charge on any atom is 0.307 e. The SMILES string of the molecule is C=CCN(C(=O)[C@H]1[C@@H](C(=O)O)C1(C)C)C1CCCC1. The molecule has 0 heterocycles. The fraction of sp³-hybridized carbons (Fsp3) is 0.733. The van der Waals surface area contributed by atoms with Crippen LogP contribution < -0.4 is 0 Å². The Hall–Kier alpha value is -1.32. The molecule has 0 saturated heterocycles. The summed E-state index contributed by atoms with van der Waals surface area (Å²) in [4.78, 5) is 25.7. The number of carbonyl (C=O) groups excluding carboxylic acids is 1. The third-order valence-corrected chi connectivity index (χ3v) is 4.73. The molecule has 0 aromatic carbocycles. The number of carboxylic acid groups (broad SMARTS) is 1. The van der Waals surface area contributed by atoms with Gasteiger partial charge in [0.05, 0.1) is 11.8 Å². The minimum atomic E-state index is -0.853. The van der Waals surface area contributed by atoms with Crippen molar-refractivity contribution in [3.63, 3.8) is 0 Å². The summed E-state index contributed by atoms with van der Waals surface area (Å²) in [6.07, 6.45) is 6.11. The van der Waals surface area contributed by atoms with E-state index in [1.165, 1.54) is 0 Å². The molecule has 0 bridgehead atoms. The monoisotopic (exact) mass is 265 g/mol. The highest BCUT2D eigenvalue weighted by atomic mass is 16.4. The molecule has 2 aliphatic rings. The Labute approximate surface area is 114 Å². The molecule has 19 heavy (non-hydrogen) atoms. The van der Waals surface area contributed by atoms with Crippen molar-refractivity contribution in [2.24, 2.45) is 17.3 Å². The molecule has 2 rings (SSSR count). The third-order valence-electron chi connectivity index (χ3n) is 4.73. The normalized spacial score (nSPS) is 28.9. The number of rotatable bonds is 5. The quantitative estimate of drug-likeness (QED) is 0.776. The van der Waals surface area contributed by atoms with Gasteiger partial charge in [-0.1, -0.05) is 32.8 Å². The molecule has 1 N–H and O–H groups in total. The molecular weight excluding hydrogens is 242 g/mol. The Bertz CT molecular complexity index is 396. The molecule has 2 atom stereocenters. The van der Waals surface area contributed by atoms with E-state index < -0.39 is 17.3 Å². The Balaban J connectivity index is 2.12. The lowest BCUT2D eigenvalue weighted by Crippen LogP contribution is -2.41. The molecule has 0 unspecified atom stereocenters. The Kier molecular flexibility index (Phi) is 3.70. The lowest BCUT2D eigenvalue weighted by molar-refractivity contribution is -0.142. The average molecular weight is 265 g/mol. The number of nitrogens with zero attached hydrogens (tertiary/aromatic N) is 1. The van der Waals surface area contributed by atoms with Crippen molar-refractivity contribution >= 4 is 11.9 Å². The first-order chi connectivity index (χ1) is 8.91. The molecule has 2 fully saturated rings. The third kappa shape index (κ3) is 2.40. The van der Waals surface area contributed by atoms with E-state index in [4.69, 9.17) is 0 Å². The number of hydrogen-bond acceptors (Lipinski definition) is 2. The summed E-state index contributed by atoms with van der Waals surface area (Å²) in [6, 6.07) is 0.274. The number of aliphatic carboxylic acids is 1. The predicted molar refractivity (Wildman–Crippen MR) is 72.6 cm³/mol. The zero-order valence-electron chi connectivity index (χ0n) is 11.8. The first-order valence-electron chi connectivity index (χ1n) is 7.05. The number of amides is 1. The molecule has 1 amide bonds. The van der Waals surface area contributed by atoms with Gasteiger partial charge in [0, 0.05) is 12.6 Å². The highest BCUT2D eigenvalue weighted by molar-refractivity contribution is 5.92.